The van der Waals surface area contributed by atoms with E-state index in [1.807, 2.05) is 6.92 Å². The zero-order valence-electron chi connectivity index (χ0n) is 32.0. The second kappa shape index (κ2) is 18.5. The predicted molar refractivity (Wildman–Crippen MR) is 200 cm³/mol. The zero-order chi connectivity index (χ0) is 41.4. The van der Waals surface area contributed by atoms with Gasteiger partial charge in [0.25, 0.3) is 11.8 Å². The SMILES string of the molecule is CCc1cc(OC)c(Oc2ccc(C(=O)N3CCN(C)C(=O)C3)cc2F)cc1F.CCc1cc(OC)c(Oc2ccc(C(=O)N3CCNC(=O)C3)cc2F)cc1F. The molecule has 0 unspecified atom stereocenters. The Labute approximate surface area is 326 Å². The standard InChI is InChI=1S/C21H22F2N2O4.C20H20F2N2O4/c1-4-13-10-18(28-3)19(11-15(13)22)29-17-6-5-14(9-16(17)23)21(27)25-8-7-24(2)20(26)12-25;1-3-12-9-17(27-2)18(10-14(12)21)28-16-5-4-13(8-15(16)22)20(26)24-7-6-23-19(25)11-24/h5-6,9-11H,4,7-8,12H2,1-3H3;4-5,8-10H,3,6-7,11H2,1-2H3,(H,23,25). The fourth-order valence-corrected chi connectivity index (χ4v) is 5.95. The summed E-state index contributed by atoms with van der Waals surface area (Å²) in [5.74, 6) is -3.56. The molecule has 0 bridgehead atoms. The van der Waals surface area contributed by atoms with Crippen LogP contribution in [-0.4, -0.2) is 98.9 Å². The molecule has 2 fully saturated rings. The summed E-state index contributed by atoms with van der Waals surface area (Å²) in [6.45, 7) is 5.00. The second-order valence-corrected chi connectivity index (χ2v) is 13.0. The molecule has 0 atom stereocenters. The highest BCUT2D eigenvalue weighted by atomic mass is 19.1. The summed E-state index contributed by atoms with van der Waals surface area (Å²) in [6, 6.07) is 12.8. The van der Waals surface area contributed by atoms with Crippen molar-refractivity contribution in [2.75, 3.05) is 60.5 Å². The molecule has 6 rings (SSSR count). The van der Waals surface area contributed by atoms with Crippen LogP contribution in [0.1, 0.15) is 45.7 Å². The lowest BCUT2D eigenvalue weighted by atomic mass is 10.1. The van der Waals surface area contributed by atoms with Crippen LogP contribution in [0.15, 0.2) is 60.7 Å². The lowest BCUT2D eigenvalue weighted by Crippen LogP contribution is -2.50. The van der Waals surface area contributed by atoms with Crippen LogP contribution in [0.4, 0.5) is 17.6 Å². The van der Waals surface area contributed by atoms with Crippen molar-refractivity contribution in [3.05, 3.63) is 106 Å². The highest BCUT2D eigenvalue weighted by Crippen LogP contribution is 2.37. The molecule has 302 valence electrons. The number of ether oxygens (including phenoxy) is 4. The van der Waals surface area contributed by atoms with E-state index in [9.17, 15) is 36.7 Å². The summed E-state index contributed by atoms with van der Waals surface area (Å²) >= 11 is 0. The molecule has 1 N–H and O–H groups in total. The number of carbonyl (C=O) groups is 4. The lowest BCUT2D eigenvalue weighted by Gasteiger charge is -2.32. The molecule has 12 nitrogen and oxygen atoms in total. The first-order valence-electron chi connectivity index (χ1n) is 18.0. The van der Waals surface area contributed by atoms with Crippen molar-refractivity contribution in [1.82, 2.24) is 20.0 Å². The van der Waals surface area contributed by atoms with E-state index in [4.69, 9.17) is 18.9 Å². The van der Waals surface area contributed by atoms with Crippen molar-refractivity contribution < 1.29 is 55.7 Å². The van der Waals surface area contributed by atoms with Gasteiger partial charge in [-0.2, -0.15) is 0 Å². The van der Waals surface area contributed by atoms with Gasteiger partial charge in [0.1, 0.15) is 18.2 Å². The van der Waals surface area contributed by atoms with Crippen molar-refractivity contribution in [1.29, 1.82) is 0 Å². The minimum atomic E-state index is -0.783. The van der Waals surface area contributed by atoms with Gasteiger partial charge in [-0.05, 0) is 72.5 Å². The minimum absolute atomic E-state index is 0.0304. The molecule has 4 amide bonds. The van der Waals surface area contributed by atoms with Gasteiger partial charge in [-0.25, -0.2) is 17.6 Å². The Kier molecular flexibility index (Phi) is 13.6. The molecule has 16 heteroatoms. The molecule has 2 aliphatic heterocycles. The summed E-state index contributed by atoms with van der Waals surface area (Å²) in [7, 11) is 4.49. The van der Waals surface area contributed by atoms with Gasteiger partial charge < -0.3 is 39.0 Å². The molecule has 2 aliphatic rings. The summed E-state index contributed by atoms with van der Waals surface area (Å²) in [5.41, 5.74) is 1.11. The highest BCUT2D eigenvalue weighted by molar-refractivity contribution is 5.98. The number of methoxy groups -OCH3 is 2. The van der Waals surface area contributed by atoms with Crippen LogP contribution in [0.3, 0.4) is 0 Å². The molecule has 0 aliphatic carbocycles. The van der Waals surface area contributed by atoms with E-state index in [0.29, 0.717) is 50.1 Å². The van der Waals surface area contributed by atoms with Crippen molar-refractivity contribution in [2.24, 2.45) is 0 Å². The average molecular weight is 795 g/mol. The molecule has 2 heterocycles. The third kappa shape index (κ3) is 9.92. The van der Waals surface area contributed by atoms with Gasteiger partial charge in [0.15, 0.2) is 46.1 Å². The van der Waals surface area contributed by atoms with Gasteiger partial charge in [0.05, 0.1) is 20.8 Å². The highest BCUT2D eigenvalue weighted by Gasteiger charge is 2.27. The second-order valence-electron chi connectivity index (χ2n) is 13.0. The summed E-state index contributed by atoms with van der Waals surface area (Å²) < 4.78 is 78.6. The van der Waals surface area contributed by atoms with Gasteiger partial charge >= 0.3 is 0 Å². The Morgan fingerprint density at radius 2 is 1.09 bits per heavy atom. The van der Waals surface area contributed by atoms with Crippen LogP contribution in [0, 0.1) is 23.3 Å². The summed E-state index contributed by atoms with van der Waals surface area (Å²) in [6.07, 6.45) is 0.949. The topological polar surface area (TPSA) is 127 Å². The Bertz CT molecular complexity index is 2170. The number of aryl methyl sites for hydroxylation is 2. The van der Waals surface area contributed by atoms with Crippen molar-refractivity contribution in [2.45, 2.75) is 26.7 Å². The fourth-order valence-electron chi connectivity index (χ4n) is 5.95. The van der Waals surface area contributed by atoms with Crippen molar-refractivity contribution in [3.63, 3.8) is 0 Å². The van der Waals surface area contributed by atoms with Crippen LogP contribution >= 0.6 is 0 Å². The van der Waals surface area contributed by atoms with E-state index in [1.165, 1.54) is 65.3 Å². The molecular formula is C41H42F4N4O8. The van der Waals surface area contributed by atoms with Gasteiger partial charge in [-0.3, -0.25) is 19.2 Å². The van der Waals surface area contributed by atoms with E-state index >= 15 is 0 Å². The maximum absolute atomic E-state index is 14.6. The van der Waals surface area contributed by atoms with E-state index in [-0.39, 0.29) is 70.5 Å². The Morgan fingerprint density at radius 1 is 0.614 bits per heavy atom. The monoisotopic (exact) mass is 794 g/mol. The van der Waals surface area contributed by atoms with E-state index in [2.05, 4.69) is 5.32 Å². The van der Waals surface area contributed by atoms with Crippen LogP contribution in [-0.2, 0) is 22.4 Å². The van der Waals surface area contributed by atoms with E-state index in [1.54, 1.807) is 14.0 Å². The van der Waals surface area contributed by atoms with Crippen molar-refractivity contribution in [3.8, 4) is 34.5 Å². The number of halogens is 4. The quantitative estimate of drug-likeness (QED) is 0.190. The van der Waals surface area contributed by atoms with Crippen LogP contribution < -0.4 is 24.3 Å². The molecule has 4 aromatic rings. The van der Waals surface area contributed by atoms with E-state index < -0.39 is 35.1 Å². The molecule has 2 saturated heterocycles. The van der Waals surface area contributed by atoms with Gasteiger partial charge in [-0.15, -0.1) is 0 Å². The number of nitrogens with zero attached hydrogens (tertiary/aromatic N) is 3. The molecule has 0 saturated carbocycles. The molecule has 0 radical (unpaired) electrons. The number of nitrogens with one attached hydrogen (secondary N) is 1. The van der Waals surface area contributed by atoms with Crippen LogP contribution in [0.25, 0.3) is 0 Å². The lowest BCUT2D eigenvalue weighted by molar-refractivity contribution is -0.133. The molecule has 0 aromatic heterocycles. The van der Waals surface area contributed by atoms with E-state index in [0.717, 1.165) is 24.3 Å². The first-order chi connectivity index (χ1) is 27.3. The average Bonchev–Trinajstić information content (AvgIpc) is 3.20. The largest absolute Gasteiger partial charge is 0.493 e. The normalized spacial score (nSPS) is 14.0. The van der Waals surface area contributed by atoms with Crippen LogP contribution in [0.5, 0.6) is 34.5 Å². The predicted octanol–water partition coefficient (Wildman–Crippen LogP) is 6.14. The number of hydrogen-bond acceptors (Lipinski definition) is 8. The number of likely N-dealkylation sites (N-methyl/N-ethyl adjacent to an activating group) is 1. The number of carbonyl (C=O) groups excluding carboxylic acids is 4. The zero-order valence-corrected chi connectivity index (χ0v) is 32.0. The Hall–Kier alpha value is -6.32. The first kappa shape index (κ1) is 41.8. The number of amides is 4. The number of hydrogen-bond donors (Lipinski definition) is 1. The maximum atomic E-state index is 14.6. The molecule has 0 spiro atoms. The fraction of sp³-hybridized carbons (Fsp3) is 0.317. The Balaban J connectivity index is 0.000000218. The minimum Gasteiger partial charge on any atom is -0.493 e. The number of benzene rings is 4. The number of piperazine rings is 2. The molecular weight excluding hydrogens is 752 g/mol. The third-order valence-corrected chi connectivity index (χ3v) is 9.29. The van der Waals surface area contributed by atoms with Crippen LogP contribution in [0.2, 0.25) is 0 Å². The summed E-state index contributed by atoms with van der Waals surface area (Å²) in [4.78, 5) is 52.5. The maximum Gasteiger partial charge on any atom is 0.254 e. The summed E-state index contributed by atoms with van der Waals surface area (Å²) in [5, 5.41) is 2.62. The number of rotatable bonds is 10. The first-order valence-corrected chi connectivity index (χ1v) is 18.0. The molecule has 57 heavy (non-hydrogen) atoms. The smallest absolute Gasteiger partial charge is 0.254 e. The third-order valence-electron chi connectivity index (χ3n) is 9.29. The van der Waals surface area contributed by atoms with Crippen molar-refractivity contribution >= 4 is 23.6 Å². The van der Waals surface area contributed by atoms with Gasteiger partial charge in [0.2, 0.25) is 11.8 Å². The van der Waals surface area contributed by atoms with Gasteiger partial charge in [0, 0.05) is 56.5 Å². The van der Waals surface area contributed by atoms with Gasteiger partial charge in [-0.1, -0.05) is 13.8 Å². The molecule has 4 aromatic carbocycles. The Morgan fingerprint density at radius 3 is 1.49 bits per heavy atom.